The number of carbonyl (C=O) groups is 1. The fraction of sp³-hybridized carbons (Fsp3) is 0.190. The Bertz CT molecular complexity index is 1170. The monoisotopic (exact) mass is 411 g/mol. The highest BCUT2D eigenvalue weighted by Crippen LogP contribution is 2.17. The van der Waals surface area contributed by atoms with Crippen molar-refractivity contribution < 1.29 is 18.3 Å². The Kier molecular flexibility index (Phi) is 5.69. The molecule has 0 saturated heterocycles. The molecule has 4 rings (SSSR count). The number of hydrogen-bond acceptors (Lipinski definition) is 4. The Labute approximate surface area is 170 Å². The number of aromatic amines is 1. The zero-order valence-electron chi connectivity index (χ0n) is 15.9. The minimum atomic E-state index is -0.655. The number of amides is 1. The molecule has 0 radical (unpaired) electrons. The Morgan fingerprint density at radius 3 is 2.90 bits per heavy atom. The summed E-state index contributed by atoms with van der Waals surface area (Å²) in [5.74, 6) is -1.29. The summed E-state index contributed by atoms with van der Waals surface area (Å²) in [6, 6.07) is 11.3. The molecule has 30 heavy (non-hydrogen) atoms. The third kappa shape index (κ3) is 4.62. The lowest BCUT2D eigenvalue weighted by atomic mass is 10.1. The molecular weight excluding hydrogens is 392 g/mol. The number of H-pyrrole nitrogens is 1. The van der Waals surface area contributed by atoms with Gasteiger partial charge >= 0.3 is 6.09 Å². The van der Waals surface area contributed by atoms with Gasteiger partial charge in [0.1, 0.15) is 23.9 Å². The molecule has 0 fully saturated rings. The maximum atomic E-state index is 13.7. The van der Waals surface area contributed by atoms with Crippen LogP contribution in [0.15, 0.2) is 54.9 Å². The van der Waals surface area contributed by atoms with E-state index < -0.39 is 17.7 Å². The molecular formula is C21H19F2N5O2. The molecule has 0 saturated carbocycles. The first-order valence-electron chi connectivity index (χ1n) is 9.37. The molecule has 154 valence electrons. The molecule has 0 bridgehead atoms. The largest absolute Gasteiger partial charge is 0.443 e. The van der Waals surface area contributed by atoms with E-state index in [9.17, 15) is 13.6 Å². The summed E-state index contributed by atoms with van der Waals surface area (Å²) in [7, 11) is 0. The van der Waals surface area contributed by atoms with Gasteiger partial charge in [-0.2, -0.15) is 0 Å². The molecule has 0 atom stereocenters. The number of nitrogens with zero attached hydrogens (tertiary/aromatic N) is 3. The summed E-state index contributed by atoms with van der Waals surface area (Å²) in [5.41, 5.74) is 2.87. The molecule has 9 heteroatoms. The third-order valence-corrected chi connectivity index (χ3v) is 4.62. The van der Waals surface area contributed by atoms with E-state index in [2.05, 4.69) is 20.6 Å². The van der Waals surface area contributed by atoms with E-state index in [-0.39, 0.29) is 18.7 Å². The van der Waals surface area contributed by atoms with E-state index in [1.807, 2.05) is 30.5 Å². The molecule has 2 heterocycles. The van der Waals surface area contributed by atoms with Crippen LogP contribution in [0.3, 0.4) is 0 Å². The fourth-order valence-corrected chi connectivity index (χ4v) is 3.13. The van der Waals surface area contributed by atoms with Gasteiger partial charge in [0.2, 0.25) is 0 Å². The van der Waals surface area contributed by atoms with Crippen LogP contribution in [0.4, 0.5) is 13.6 Å². The molecule has 7 nitrogen and oxygen atoms in total. The van der Waals surface area contributed by atoms with Crippen molar-refractivity contribution in [1.82, 2.24) is 25.3 Å². The van der Waals surface area contributed by atoms with Gasteiger partial charge in [0.25, 0.3) is 0 Å². The molecule has 0 aliphatic carbocycles. The molecule has 4 aromatic rings. The predicted molar refractivity (Wildman–Crippen MR) is 106 cm³/mol. The molecule has 0 aliphatic rings. The van der Waals surface area contributed by atoms with Gasteiger partial charge in [-0.3, -0.25) is 0 Å². The number of halogens is 2. The Balaban J connectivity index is 1.23. The maximum Gasteiger partial charge on any atom is 0.407 e. The highest BCUT2D eigenvalue weighted by Gasteiger charge is 2.09. The van der Waals surface area contributed by atoms with Gasteiger partial charge in [0.05, 0.1) is 12.7 Å². The van der Waals surface area contributed by atoms with Crippen LogP contribution in [0.1, 0.15) is 16.8 Å². The minimum Gasteiger partial charge on any atom is -0.443 e. The highest BCUT2D eigenvalue weighted by molar-refractivity contribution is 5.83. The number of hydrogen-bond donors (Lipinski definition) is 2. The van der Waals surface area contributed by atoms with Crippen LogP contribution < -0.4 is 5.32 Å². The van der Waals surface area contributed by atoms with Crippen LogP contribution in [-0.2, 0) is 24.3 Å². The van der Waals surface area contributed by atoms with Crippen molar-refractivity contribution in [1.29, 1.82) is 0 Å². The number of carbonyl (C=O) groups excluding carboxylic acids is 1. The number of alkyl carbamates (subject to hydrolysis) is 1. The van der Waals surface area contributed by atoms with Crippen LogP contribution >= 0.6 is 0 Å². The average Bonchev–Trinajstić information content (AvgIpc) is 3.36. The van der Waals surface area contributed by atoms with Crippen LogP contribution in [0.2, 0.25) is 0 Å². The quantitative estimate of drug-likeness (QED) is 0.487. The highest BCUT2D eigenvalue weighted by atomic mass is 19.1. The Hall–Kier alpha value is -3.75. The van der Waals surface area contributed by atoms with Gasteiger partial charge < -0.3 is 15.0 Å². The number of fused-ring (bicyclic) bond motifs is 1. The standard InChI is InChI=1S/C21H19F2N5O2/c22-16-6-5-15(19(23)9-16)11-28-12-17(26-27-28)13-30-21(29)24-8-7-14-10-25-20-4-2-1-3-18(14)20/h1-6,9-10,12,25H,7-8,11,13H2,(H,24,29). The number of benzene rings is 2. The first-order valence-corrected chi connectivity index (χ1v) is 9.37. The van der Waals surface area contributed by atoms with Gasteiger partial charge in [0, 0.05) is 35.3 Å². The molecule has 2 aromatic carbocycles. The number of para-hydroxylation sites is 1. The Morgan fingerprint density at radius 2 is 2.03 bits per heavy atom. The molecule has 1 amide bonds. The second-order valence-electron chi connectivity index (χ2n) is 6.76. The van der Waals surface area contributed by atoms with Crippen molar-refractivity contribution in [3.63, 3.8) is 0 Å². The van der Waals surface area contributed by atoms with Crippen molar-refractivity contribution in [2.45, 2.75) is 19.6 Å². The smallest absolute Gasteiger partial charge is 0.407 e. The molecule has 0 spiro atoms. The summed E-state index contributed by atoms with van der Waals surface area (Å²) in [6.45, 7) is 0.456. The van der Waals surface area contributed by atoms with Crippen LogP contribution in [0.25, 0.3) is 10.9 Å². The number of ether oxygens (including phenoxy) is 1. The first kappa shape index (κ1) is 19.6. The lowest BCUT2D eigenvalue weighted by molar-refractivity contribution is 0.138. The molecule has 2 aromatic heterocycles. The second kappa shape index (κ2) is 8.73. The van der Waals surface area contributed by atoms with Gasteiger partial charge in [-0.15, -0.1) is 5.10 Å². The minimum absolute atomic E-state index is 0.0647. The van der Waals surface area contributed by atoms with Gasteiger partial charge in [-0.25, -0.2) is 18.3 Å². The maximum absolute atomic E-state index is 13.7. The number of nitrogens with one attached hydrogen (secondary N) is 2. The van der Waals surface area contributed by atoms with Crippen molar-refractivity contribution in [2.24, 2.45) is 0 Å². The second-order valence-corrected chi connectivity index (χ2v) is 6.76. The summed E-state index contributed by atoms with van der Waals surface area (Å²) < 4.78 is 33.2. The zero-order valence-corrected chi connectivity index (χ0v) is 15.9. The summed E-state index contributed by atoms with van der Waals surface area (Å²) in [6.07, 6.45) is 3.58. The van der Waals surface area contributed by atoms with Crippen molar-refractivity contribution in [3.8, 4) is 0 Å². The van der Waals surface area contributed by atoms with E-state index in [1.54, 1.807) is 6.20 Å². The van der Waals surface area contributed by atoms with E-state index in [4.69, 9.17) is 4.74 Å². The van der Waals surface area contributed by atoms with Crippen LogP contribution in [0.5, 0.6) is 0 Å². The predicted octanol–water partition coefficient (Wildman–Crippen LogP) is 3.55. The van der Waals surface area contributed by atoms with Crippen molar-refractivity contribution in [2.75, 3.05) is 6.54 Å². The number of aromatic nitrogens is 4. The fourth-order valence-electron chi connectivity index (χ4n) is 3.13. The lowest BCUT2D eigenvalue weighted by Crippen LogP contribution is -2.26. The van der Waals surface area contributed by atoms with Gasteiger partial charge in [-0.05, 0) is 24.1 Å². The molecule has 0 aliphatic heterocycles. The van der Waals surface area contributed by atoms with Crippen LogP contribution in [-0.4, -0.2) is 32.6 Å². The van der Waals surface area contributed by atoms with Gasteiger partial charge in [-0.1, -0.05) is 29.5 Å². The summed E-state index contributed by atoms with van der Waals surface area (Å²) in [4.78, 5) is 15.1. The van der Waals surface area contributed by atoms with E-state index in [1.165, 1.54) is 16.8 Å². The molecule has 2 N–H and O–H groups in total. The number of rotatable bonds is 7. The SMILES string of the molecule is O=C(NCCc1c[nH]c2ccccc12)OCc1cn(Cc2ccc(F)cc2F)nn1. The zero-order chi connectivity index (χ0) is 20.9. The van der Waals surface area contributed by atoms with E-state index in [0.717, 1.165) is 22.5 Å². The Morgan fingerprint density at radius 1 is 1.17 bits per heavy atom. The normalized spacial score (nSPS) is 11.0. The van der Waals surface area contributed by atoms with Crippen LogP contribution in [0, 0.1) is 11.6 Å². The van der Waals surface area contributed by atoms with Crippen molar-refractivity contribution >= 4 is 17.0 Å². The summed E-state index contributed by atoms with van der Waals surface area (Å²) in [5, 5.41) is 11.6. The lowest BCUT2D eigenvalue weighted by Gasteiger charge is -2.05. The first-order chi connectivity index (χ1) is 14.6. The average molecular weight is 411 g/mol. The third-order valence-electron chi connectivity index (χ3n) is 4.62. The topological polar surface area (TPSA) is 84.8 Å². The van der Waals surface area contributed by atoms with Gasteiger partial charge in [0.15, 0.2) is 0 Å². The van der Waals surface area contributed by atoms with Crippen molar-refractivity contribution in [3.05, 3.63) is 83.3 Å². The van der Waals surface area contributed by atoms with E-state index in [0.29, 0.717) is 18.7 Å². The summed E-state index contributed by atoms with van der Waals surface area (Å²) >= 11 is 0. The molecule has 0 unspecified atom stereocenters. The van der Waals surface area contributed by atoms with E-state index >= 15 is 0 Å².